The molecule has 0 saturated carbocycles. The van der Waals surface area contributed by atoms with Gasteiger partial charge in [0.2, 0.25) is 0 Å². The van der Waals surface area contributed by atoms with Crippen LogP contribution in [0.25, 0.3) is 0 Å². The van der Waals surface area contributed by atoms with Crippen molar-refractivity contribution in [3.05, 3.63) is 52.2 Å². The highest BCUT2D eigenvalue weighted by molar-refractivity contribution is 7.09. The van der Waals surface area contributed by atoms with Crippen LogP contribution in [0.15, 0.2) is 41.8 Å². The summed E-state index contributed by atoms with van der Waals surface area (Å²) in [6.07, 6.45) is 2.08. The van der Waals surface area contributed by atoms with Crippen molar-refractivity contribution in [2.24, 2.45) is 0 Å². The van der Waals surface area contributed by atoms with Crippen LogP contribution in [0.1, 0.15) is 16.9 Å². The van der Waals surface area contributed by atoms with Gasteiger partial charge in [-0.25, -0.2) is 0 Å². The molecule has 17 heavy (non-hydrogen) atoms. The number of thiophene rings is 1. The third-order valence-corrected chi connectivity index (χ3v) is 3.43. The summed E-state index contributed by atoms with van der Waals surface area (Å²) >= 11 is 1.79. The van der Waals surface area contributed by atoms with E-state index >= 15 is 0 Å². The van der Waals surface area contributed by atoms with E-state index in [4.69, 9.17) is 9.84 Å². The van der Waals surface area contributed by atoms with Crippen molar-refractivity contribution in [3.63, 3.8) is 0 Å². The molecule has 3 heteroatoms. The van der Waals surface area contributed by atoms with E-state index in [1.54, 1.807) is 11.3 Å². The predicted molar refractivity (Wildman–Crippen MR) is 70.5 cm³/mol. The Morgan fingerprint density at radius 3 is 2.88 bits per heavy atom. The van der Waals surface area contributed by atoms with Crippen molar-refractivity contribution < 1.29 is 9.84 Å². The lowest BCUT2D eigenvalue weighted by Crippen LogP contribution is -1.99. The number of rotatable bonds is 6. The Bertz CT molecular complexity index is 437. The van der Waals surface area contributed by atoms with Crippen LogP contribution in [0.4, 0.5) is 0 Å². The van der Waals surface area contributed by atoms with Gasteiger partial charge in [-0.3, -0.25) is 0 Å². The highest BCUT2D eigenvalue weighted by Gasteiger charge is 1.97. The van der Waals surface area contributed by atoms with Gasteiger partial charge in [0, 0.05) is 4.88 Å². The number of aliphatic hydroxyl groups excluding tert-OH is 1. The molecule has 0 fully saturated rings. The first kappa shape index (κ1) is 12.1. The van der Waals surface area contributed by atoms with E-state index in [0.717, 1.165) is 24.2 Å². The molecule has 1 aromatic heterocycles. The van der Waals surface area contributed by atoms with Gasteiger partial charge < -0.3 is 9.84 Å². The summed E-state index contributed by atoms with van der Waals surface area (Å²) in [5.74, 6) is 0.836. The molecule has 1 N–H and O–H groups in total. The average molecular weight is 248 g/mol. The summed E-state index contributed by atoms with van der Waals surface area (Å²) in [5, 5.41) is 11.1. The Labute approximate surface area is 105 Å². The molecule has 90 valence electrons. The van der Waals surface area contributed by atoms with Crippen molar-refractivity contribution in [2.45, 2.75) is 19.4 Å². The third-order valence-electron chi connectivity index (χ3n) is 2.50. The number of benzene rings is 1. The van der Waals surface area contributed by atoms with E-state index in [1.165, 1.54) is 4.88 Å². The summed E-state index contributed by atoms with van der Waals surface area (Å²) < 4.78 is 5.64. The second-order valence-corrected chi connectivity index (χ2v) is 4.87. The summed E-state index contributed by atoms with van der Waals surface area (Å²) in [7, 11) is 0. The molecule has 0 bridgehead atoms. The van der Waals surface area contributed by atoms with Crippen molar-refractivity contribution in [2.75, 3.05) is 6.61 Å². The Hall–Kier alpha value is -1.32. The van der Waals surface area contributed by atoms with Gasteiger partial charge in [-0.15, -0.1) is 11.3 Å². The van der Waals surface area contributed by atoms with Crippen molar-refractivity contribution >= 4 is 11.3 Å². The quantitative estimate of drug-likeness (QED) is 0.795. The number of aryl methyl sites for hydroxylation is 1. The molecule has 0 saturated heterocycles. The van der Waals surface area contributed by atoms with Crippen molar-refractivity contribution in [1.29, 1.82) is 0 Å². The summed E-state index contributed by atoms with van der Waals surface area (Å²) in [5.41, 5.74) is 0.890. The fraction of sp³-hybridized carbons (Fsp3) is 0.286. The van der Waals surface area contributed by atoms with Crippen LogP contribution >= 0.6 is 11.3 Å². The lowest BCUT2D eigenvalue weighted by atomic mass is 10.2. The molecule has 0 unspecified atom stereocenters. The zero-order valence-corrected chi connectivity index (χ0v) is 10.5. The summed E-state index contributed by atoms with van der Waals surface area (Å²) in [6.45, 7) is 0.777. The highest BCUT2D eigenvalue weighted by Crippen LogP contribution is 2.15. The van der Waals surface area contributed by atoms with Gasteiger partial charge in [0.25, 0.3) is 0 Å². The van der Waals surface area contributed by atoms with E-state index in [2.05, 4.69) is 17.5 Å². The Kier molecular flexibility index (Phi) is 4.59. The molecule has 2 nitrogen and oxygen atoms in total. The van der Waals surface area contributed by atoms with E-state index in [1.807, 2.05) is 24.3 Å². The number of ether oxygens (including phenoxy) is 1. The molecule has 0 atom stereocenters. The van der Waals surface area contributed by atoms with Crippen LogP contribution < -0.4 is 4.74 Å². The summed E-state index contributed by atoms with van der Waals surface area (Å²) in [6, 6.07) is 11.8. The van der Waals surface area contributed by atoms with E-state index in [9.17, 15) is 0 Å². The van der Waals surface area contributed by atoms with Crippen LogP contribution in [0.2, 0.25) is 0 Å². The molecule has 0 amide bonds. The molecule has 0 aliphatic rings. The monoisotopic (exact) mass is 248 g/mol. The lowest BCUT2D eigenvalue weighted by molar-refractivity contribution is 0.278. The molecule has 0 radical (unpaired) electrons. The smallest absolute Gasteiger partial charge is 0.119 e. The lowest BCUT2D eigenvalue weighted by Gasteiger charge is -2.06. The first-order valence-electron chi connectivity index (χ1n) is 5.73. The number of hydrogen-bond acceptors (Lipinski definition) is 3. The molecule has 1 aromatic carbocycles. The van der Waals surface area contributed by atoms with Gasteiger partial charge in [-0.1, -0.05) is 18.2 Å². The zero-order chi connectivity index (χ0) is 11.9. The van der Waals surface area contributed by atoms with Crippen LogP contribution in [-0.4, -0.2) is 11.7 Å². The van der Waals surface area contributed by atoms with E-state index in [0.29, 0.717) is 6.61 Å². The van der Waals surface area contributed by atoms with Crippen molar-refractivity contribution in [3.8, 4) is 5.75 Å². The standard InChI is InChI=1S/C14H16O2S/c15-11-12-4-1-5-13(10-12)16-8-2-6-14-7-3-9-17-14/h1,3-5,7,9-10,15H,2,6,8,11H2. The van der Waals surface area contributed by atoms with E-state index < -0.39 is 0 Å². The van der Waals surface area contributed by atoms with Crippen LogP contribution in [-0.2, 0) is 13.0 Å². The largest absolute Gasteiger partial charge is 0.494 e. The maximum Gasteiger partial charge on any atom is 0.119 e. The summed E-state index contributed by atoms with van der Waals surface area (Å²) in [4.78, 5) is 1.40. The molecule has 2 aromatic rings. The minimum Gasteiger partial charge on any atom is -0.494 e. The second-order valence-electron chi connectivity index (χ2n) is 3.84. The van der Waals surface area contributed by atoms with Crippen LogP contribution in [0.5, 0.6) is 5.75 Å². The van der Waals surface area contributed by atoms with Crippen LogP contribution in [0, 0.1) is 0 Å². The molecular formula is C14H16O2S. The molecular weight excluding hydrogens is 232 g/mol. The molecule has 2 rings (SSSR count). The minimum atomic E-state index is 0.0619. The Morgan fingerprint density at radius 1 is 1.18 bits per heavy atom. The van der Waals surface area contributed by atoms with Gasteiger partial charge in [-0.05, 0) is 42.0 Å². The molecule has 0 aliphatic heterocycles. The van der Waals surface area contributed by atoms with Gasteiger partial charge in [0.15, 0.2) is 0 Å². The normalized spacial score (nSPS) is 10.4. The van der Waals surface area contributed by atoms with E-state index in [-0.39, 0.29) is 6.61 Å². The first-order chi connectivity index (χ1) is 8.38. The third kappa shape index (κ3) is 3.88. The van der Waals surface area contributed by atoms with Crippen molar-refractivity contribution in [1.82, 2.24) is 0 Å². The topological polar surface area (TPSA) is 29.5 Å². The second kappa shape index (κ2) is 6.42. The Morgan fingerprint density at radius 2 is 2.12 bits per heavy atom. The van der Waals surface area contributed by atoms with Gasteiger partial charge in [0.05, 0.1) is 13.2 Å². The number of hydrogen-bond donors (Lipinski definition) is 1. The fourth-order valence-corrected chi connectivity index (χ4v) is 2.38. The SMILES string of the molecule is OCc1cccc(OCCCc2cccs2)c1. The van der Waals surface area contributed by atoms with Gasteiger partial charge >= 0.3 is 0 Å². The highest BCUT2D eigenvalue weighted by atomic mass is 32.1. The average Bonchev–Trinajstić information content (AvgIpc) is 2.88. The molecule has 0 spiro atoms. The molecule has 1 heterocycles. The first-order valence-corrected chi connectivity index (χ1v) is 6.61. The van der Waals surface area contributed by atoms with Gasteiger partial charge in [-0.2, -0.15) is 0 Å². The molecule has 0 aliphatic carbocycles. The predicted octanol–water partition coefficient (Wildman–Crippen LogP) is 3.25. The fourth-order valence-electron chi connectivity index (χ4n) is 1.62. The zero-order valence-electron chi connectivity index (χ0n) is 9.63. The maximum atomic E-state index is 9.00. The van der Waals surface area contributed by atoms with Gasteiger partial charge in [0.1, 0.15) is 5.75 Å². The van der Waals surface area contributed by atoms with Crippen LogP contribution in [0.3, 0.4) is 0 Å². The Balaban J connectivity index is 1.74. The number of aliphatic hydroxyl groups is 1. The maximum absolute atomic E-state index is 9.00. The minimum absolute atomic E-state index is 0.0619.